The summed E-state index contributed by atoms with van der Waals surface area (Å²) in [5.74, 6) is 0. The summed E-state index contributed by atoms with van der Waals surface area (Å²) in [6.07, 6.45) is 4.23. The average molecular weight is 176 g/mol. The molecule has 0 atom stereocenters. The molecular formula is C11H16N2. The highest BCUT2D eigenvalue weighted by molar-refractivity contribution is 5.53. The molecule has 1 aromatic rings. The number of nitrogens with zero attached hydrogens (tertiary/aromatic N) is 1. The van der Waals surface area contributed by atoms with Gasteiger partial charge in [-0.1, -0.05) is 24.3 Å². The third-order valence-electron chi connectivity index (χ3n) is 1.72. The Kier molecular flexibility index (Phi) is 3.53. The van der Waals surface area contributed by atoms with Crippen LogP contribution in [0, 0.1) is 0 Å². The van der Waals surface area contributed by atoms with Crippen LogP contribution in [0.5, 0.6) is 0 Å². The Labute approximate surface area is 79.7 Å². The van der Waals surface area contributed by atoms with Crippen molar-refractivity contribution in [2.24, 2.45) is 0 Å². The molecule has 0 unspecified atom stereocenters. The first-order valence-electron chi connectivity index (χ1n) is 4.35. The molecule has 2 heteroatoms. The summed E-state index contributed by atoms with van der Waals surface area (Å²) in [5, 5.41) is 0. The molecule has 0 spiro atoms. The van der Waals surface area contributed by atoms with Crippen molar-refractivity contribution in [3.8, 4) is 0 Å². The van der Waals surface area contributed by atoms with Gasteiger partial charge in [0.2, 0.25) is 0 Å². The number of likely N-dealkylation sites (N-methyl/N-ethyl adjacent to an activating group) is 1. The Bertz CT molecular complexity index is 273. The van der Waals surface area contributed by atoms with Crippen molar-refractivity contribution in [1.29, 1.82) is 0 Å². The SMILES string of the molecule is CN(C)C/C=C/c1ccc(N)cc1. The van der Waals surface area contributed by atoms with E-state index in [0.717, 1.165) is 12.2 Å². The summed E-state index contributed by atoms with van der Waals surface area (Å²) in [4.78, 5) is 2.12. The Morgan fingerprint density at radius 2 is 1.85 bits per heavy atom. The summed E-state index contributed by atoms with van der Waals surface area (Å²) in [5.41, 5.74) is 7.57. The van der Waals surface area contributed by atoms with Crippen LogP contribution >= 0.6 is 0 Å². The predicted molar refractivity (Wildman–Crippen MR) is 58.4 cm³/mol. The van der Waals surface area contributed by atoms with Crippen LogP contribution in [0.15, 0.2) is 30.3 Å². The van der Waals surface area contributed by atoms with Gasteiger partial charge in [0, 0.05) is 12.2 Å². The van der Waals surface area contributed by atoms with Crippen LogP contribution in [0.1, 0.15) is 5.56 Å². The van der Waals surface area contributed by atoms with Crippen LogP contribution in [0.25, 0.3) is 6.08 Å². The molecule has 0 aliphatic rings. The maximum atomic E-state index is 5.57. The highest BCUT2D eigenvalue weighted by Gasteiger charge is 1.86. The van der Waals surface area contributed by atoms with Gasteiger partial charge in [-0.15, -0.1) is 0 Å². The normalized spacial score (nSPS) is 11.3. The van der Waals surface area contributed by atoms with E-state index in [1.165, 1.54) is 5.56 Å². The molecule has 13 heavy (non-hydrogen) atoms. The molecule has 1 rings (SSSR count). The fourth-order valence-corrected chi connectivity index (χ4v) is 1.01. The standard InChI is InChI=1S/C11H16N2/c1-13(2)9-3-4-10-5-7-11(12)8-6-10/h3-8H,9,12H2,1-2H3/b4-3+. The van der Waals surface area contributed by atoms with E-state index in [4.69, 9.17) is 5.73 Å². The van der Waals surface area contributed by atoms with E-state index in [0.29, 0.717) is 0 Å². The molecule has 2 nitrogen and oxygen atoms in total. The van der Waals surface area contributed by atoms with Crippen molar-refractivity contribution < 1.29 is 0 Å². The molecule has 0 heterocycles. The van der Waals surface area contributed by atoms with E-state index < -0.39 is 0 Å². The number of rotatable bonds is 3. The van der Waals surface area contributed by atoms with Gasteiger partial charge in [0.15, 0.2) is 0 Å². The zero-order chi connectivity index (χ0) is 9.68. The van der Waals surface area contributed by atoms with Crippen LogP contribution < -0.4 is 5.73 Å². The van der Waals surface area contributed by atoms with Gasteiger partial charge < -0.3 is 10.6 Å². The fraction of sp³-hybridized carbons (Fsp3) is 0.273. The average Bonchev–Trinajstić information content (AvgIpc) is 2.08. The third-order valence-corrected chi connectivity index (χ3v) is 1.72. The minimum absolute atomic E-state index is 0.810. The molecule has 0 aliphatic carbocycles. The molecule has 0 aliphatic heterocycles. The minimum Gasteiger partial charge on any atom is -0.399 e. The lowest BCUT2D eigenvalue weighted by atomic mass is 10.2. The van der Waals surface area contributed by atoms with Crippen LogP contribution in [0.4, 0.5) is 5.69 Å². The Morgan fingerprint density at radius 3 is 2.38 bits per heavy atom. The second-order valence-corrected chi connectivity index (χ2v) is 3.33. The van der Waals surface area contributed by atoms with Gasteiger partial charge in [-0.05, 0) is 31.8 Å². The lowest BCUT2D eigenvalue weighted by Crippen LogP contribution is -2.10. The van der Waals surface area contributed by atoms with Crippen LogP contribution in [-0.2, 0) is 0 Å². The topological polar surface area (TPSA) is 29.3 Å². The van der Waals surface area contributed by atoms with Gasteiger partial charge in [-0.2, -0.15) is 0 Å². The molecule has 70 valence electrons. The lowest BCUT2D eigenvalue weighted by molar-refractivity contribution is 0.457. The third kappa shape index (κ3) is 3.76. The highest BCUT2D eigenvalue weighted by atomic mass is 15.0. The Morgan fingerprint density at radius 1 is 1.23 bits per heavy atom. The first kappa shape index (κ1) is 9.81. The van der Waals surface area contributed by atoms with Crippen LogP contribution in [0.2, 0.25) is 0 Å². The molecule has 1 aromatic carbocycles. The van der Waals surface area contributed by atoms with Crippen molar-refractivity contribution in [3.63, 3.8) is 0 Å². The van der Waals surface area contributed by atoms with Crippen molar-refractivity contribution >= 4 is 11.8 Å². The van der Waals surface area contributed by atoms with Gasteiger partial charge in [-0.25, -0.2) is 0 Å². The first-order chi connectivity index (χ1) is 6.18. The van der Waals surface area contributed by atoms with Gasteiger partial charge in [0.1, 0.15) is 0 Å². The monoisotopic (exact) mass is 176 g/mol. The van der Waals surface area contributed by atoms with Crippen molar-refractivity contribution in [2.45, 2.75) is 0 Å². The summed E-state index contributed by atoms with van der Waals surface area (Å²) >= 11 is 0. The maximum absolute atomic E-state index is 5.57. The number of nitrogen functional groups attached to an aromatic ring is 1. The van der Waals surface area contributed by atoms with Crippen molar-refractivity contribution in [3.05, 3.63) is 35.9 Å². The highest BCUT2D eigenvalue weighted by Crippen LogP contribution is 2.06. The molecule has 0 saturated carbocycles. The van der Waals surface area contributed by atoms with Gasteiger partial charge in [-0.3, -0.25) is 0 Å². The van der Waals surface area contributed by atoms with Crippen LogP contribution in [0.3, 0.4) is 0 Å². The molecular weight excluding hydrogens is 160 g/mol. The number of benzene rings is 1. The van der Waals surface area contributed by atoms with E-state index in [1.54, 1.807) is 0 Å². The smallest absolute Gasteiger partial charge is 0.0314 e. The van der Waals surface area contributed by atoms with E-state index in [2.05, 4.69) is 17.1 Å². The second-order valence-electron chi connectivity index (χ2n) is 3.33. The zero-order valence-corrected chi connectivity index (χ0v) is 8.20. The van der Waals surface area contributed by atoms with Crippen molar-refractivity contribution in [2.75, 3.05) is 26.4 Å². The zero-order valence-electron chi connectivity index (χ0n) is 8.20. The summed E-state index contributed by atoms with van der Waals surface area (Å²) < 4.78 is 0. The van der Waals surface area contributed by atoms with Gasteiger partial charge in [0.05, 0.1) is 0 Å². The van der Waals surface area contributed by atoms with E-state index in [-0.39, 0.29) is 0 Å². The molecule has 0 fully saturated rings. The summed E-state index contributed by atoms with van der Waals surface area (Å²) in [7, 11) is 4.10. The minimum atomic E-state index is 0.810. The van der Waals surface area contributed by atoms with Crippen molar-refractivity contribution in [1.82, 2.24) is 4.90 Å². The lowest BCUT2D eigenvalue weighted by Gasteiger charge is -2.03. The molecule has 0 bridgehead atoms. The molecule has 0 saturated heterocycles. The predicted octanol–water partition coefficient (Wildman–Crippen LogP) is 1.84. The quantitative estimate of drug-likeness (QED) is 0.712. The number of nitrogens with two attached hydrogens (primary N) is 1. The number of anilines is 1. The number of hydrogen-bond acceptors (Lipinski definition) is 2. The second kappa shape index (κ2) is 4.67. The Balaban J connectivity index is 2.54. The fourth-order valence-electron chi connectivity index (χ4n) is 1.01. The largest absolute Gasteiger partial charge is 0.399 e. The van der Waals surface area contributed by atoms with Gasteiger partial charge >= 0.3 is 0 Å². The van der Waals surface area contributed by atoms with Gasteiger partial charge in [0.25, 0.3) is 0 Å². The van der Waals surface area contributed by atoms with E-state index in [1.807, 2.05) is 38.4 Å². The van der Waals surface area contributed by atoms with E-state index >= 15 is 0 Å². The summed E-state index contributed by atoms with van der Waals surface area (Å²) in [6, 6.07) is 7.85. The molecule has 0 aromatic heterocycles. The maximum Gasteiger partial charge on any atom is 0.0314 e. The molecule has 0 radical (unpaired) electrons. The number of hydrogen-bond donors (Lipinski definition) is 1. The summed E-state index contributed by atoms with van der Waals surface area (Å²) in [6.45, 7) is 0.963. The first-order valence-corrected chi connectivity index (χ1v) is 4.35. The molecule has 0 amide bonds. The Hall–Kier alpha value is -1.28. The van der Waals surface area contributed by atoms with E-state index in [9.17, 15) is 0 Å². The van der Waals surface area contributed by atoms with Crippen LogP contribution in [-0.4, -0.2) is 25.5 Å². The molecule has 2 N–H and O–H groups in total.